The van der Waals surface area contributed by atoms with E-state index in [1.165, 1.54) is 224 Å². The van der Waals surface area contributed by atoms with Crippen molar-refractivity contribution < 1.29 is 0 Å². The van der Waals surface area contributed by atoms with Crippen molar-refractivity contribution in [3.05, 3.63) is 525 Å². The molecule has 3 aliphatic carbocycles. The van der Waals surface area contributed by atoms with Crippen LogP contribution in [0.3, 0.4) is 0 Å². The van der Waals surface area contributed by atoms with Crippen LogP contribution in [0.2, 0.25) is 0 Å². The summed E-state index contributed by atoms with van der Waals surface area (Å²) in [6.07, 6.45) is 0. The summed E-state index contributed by atoms with van der Waals surface area (Å²) in [6.45, 7) is 14.3. The van der Waals surface area contributed by atoms with Crippen molar-refractivity contribution in [2.75, 3.05) is 14.7 Å². The number of rotatable bonds is 12. The molecule has 0 unspecified atom stereocenters. The van der Waals surface area contributed by atoms with Gasteiger partial charge in [-0.25, -0.2) is 0 Å². The van der Waals surface area contributed by atoms with Gasteiger partial charge in [0.05, 0.1) is 33.4 Å². The van der Waals surface area contributed by atoms with Gasteiger partial charge >= 0.3 is 0 Å². The number of anilines is 9. The minimum atomic E-state index is -0.266. The van der Waals surface area contributed by atoms with E-state index in [-0.39, 0.29) is 16.2 Å². The summed E-state index contributed by atoms with van der Waals surface area (Å²) in [5.41, 5.74) is 36.4. The predicted octanol–water partition coefficient (Wildman–Crippen LogP) is 38.9. The fraction of sp³-hybridized carbons (Fsp3) is 0.0638. The minimum Gasteiger partial charge on any atom is -0.310 e. The molecular weight excluding hydrogens is 1760 g/mol. The van der Waals surface area contributed by atoms with Crippen molar-refractivity contribution in [2.45, 2.75) is 57.8 Å². The van der Waals surface area contributed by atoms with Gasteiger partial charge in [-0.2, -0.15) is 0 Å². The van der Waals surface area contributed by atoms with Crippen molar-refractivity contribution in [3.8, 4) is 55.9 Å². The molecule has 0 fully saturated rings. The molecule has 26 aromatic carbocycles. The summed E-state index contributed by atoms with van der Waals surface area (Å²) in [5.74, 6) is 0. The maximum absolute atomic E-state index is 2.50. The molecule has 0 radical (unpaired) electrons. The normalized spacial score (nSPS) is 13.4. The Morgan fingerprint density at radius 3 is 0.890 bits per heavy atom. The van der Waals surface area contributed by atoms with Crippen molar-refractivity contribution in [2.24, 2.45) is 0 Å². The zero-order chi connectivity index (χ0) is 97.1. The zero-order valence-corrected chi connectivity index (χ0v) is 82.0. The number of hydrogen-bond acceptors (Lipinski definition) is 3. The predicted molar refractivity (Wildman–Crippen MR) is 621 cm³/mol. The molecule has 146 heavy (non-hydrogen) atoms. The Kier molecular flexibility index (Phi) is 18.8. The Hall–Kier alpha value is -18.2. The zero-order valence-electron chi connectivity index (χ0n) is 82.0. The van der Waals surface area contributed by atoms with Gasteiger partial charge in [-0.1, -0.05) is 369 Å². The van der Waals surface area contributed by atoms with E-state index in [1.54, 1.807) is 0 Å². The molecule has 0 saturated heterocycles. The summed E-state index contributed by atoms with van der Waals surface area (Å²) in [4.78, 5) is 7.28. The molecule has 5 heteroatoms. The van der Waals surface area contributed by atoms with Gasteiger partial charge in [0.2, 0.25) is 0 Å². The third-order valence-electron chi connectivity index (χ3n) is 32.7. The molecule has 31 rings (SSSR count). The van der Waals surface area contributed by atoms with Gasteiger partial charge < -0.3 is 23.8 Å². The lowest BCUT2D eigenvalue weighted by atomic mass is 9.80. The van der Waals surface area contributed by atoms with Crippen LogP contribution in [0.5, 0.6) is 0 Å². The van der Waals surface area contributed by atoms with Crippen LogP contribution in [0.25, 0.3) is 196 Å². The fourth-order valence-corrected chi connectivity index (χ4v) is 26.1. The molecule has 2 heterocycles. The van der Waals surface area contributed by atoms with Crippen LogP contribution in [0, 0.1) is 0 Å². The fourth-order valence-electron chi connectivity index (χ4n) is 26.1. The van der Waals surface area contributed by atoms with Crippen LogP contribution in [-0.4, -0.2) is 9.13 Å². The van der Waals surface area contributed by atoms with Crippen molar-refractivity contribution in [3.63, 3.8) is 0 Å². The highest BCUT2D eigenvalue weighted by atomic mass is 15.2. The summed E-state index contributed by atoms with van der Waals surface area (Å²) in [6, 6.07) is 181. The summed E-state index contributed by atoms with van der Waals surface area (Å²) in [7, 11) is 0. The van der Waals surface area contributed by atoms with E-state index in [4.69, 9.17) is 0 Å². The second-order valence-electron chi connectivity index (χ2n) is 41.6. The second kappa shape index (κ2) is 32.4. The minimum absolute atomic E-state index is 0.0149. The average molecular weight is 1860 g/mol. The van der Waals surface area contributed by atoms with Gasteiger partial charge in [-0.05, 0) is 328 Å². The van der Waals surface area contributed by atoms with Gasteiger partial charge in [-0.3, -0.25) is 0 Å². The lowest BCUT2D eigenvalue weighted by molar-refractivity contribution is 0.661. The number of benzene rings is 26. The molecule has 28 aromatic rings. The van der Waals surface area contributed by atoms with Crippen molar-refractivity contribution in [1.29, 1.82) is 0 Å². The number of fused-ring (bicyclic) bond motifs is 18. The summed E-state index contributed by atoms with van der Waals surface area (Å²) in [5, 5.41) is 28.7. The molecule has 0 amide bonds. The van der Waals surface area contributed by atoms with Gasteiger partial charge in [0, 0.05) is 99.7 Å². The summed E-state index contributed by atoms with van der Waals surface area (Å²) >= 11 is 0. The topological polar surface area (TPSA) is 19.6 Å². The van der Waals surface area contributed by atoms with Gasteiger partial charge in [0.25, 0.3) is 0 Å². The molecule has 5 nitrogen and oxygen atoms in total. The maximum Gasteiger partial charge on any atom is 0.0542 e. The van der Waals surface area contributed by atoms with E-state index < -0.39 is 0 Å². The van der Waals surface area contributed by atoms with Gasteiger partial charge in [0.15, 0.2) is 0 Å². The molecule has 0 bridgehead atoms. The van der Waals surface area contributed by atoms with Crippen LogP contribution in [0.1, 0.15) is 74.9 Å². The highest BCUT2D eigenvalue weighted by Gasteiger charge is 2.42. The van der Waals surface area contributed by atoms with Crippen LogP contribution in [0.4, 0.5) is 51.2 Å². The quantitative estimate of drug-likeness (QED) is 0.114. The number of hydrogen-bond donors (Lipinski definition) is 0. The number of para-hydroxylation sites is 8. The highest BCUT2D eigenvalue weighted by Crippen LogP contribution is 2.61. The molecule has 0 spiro atoms. The number of nitrogens with zero attached hydrogens (tertiary/aromatic N) is 5. The third-order valence-corrected chi connectivity index (χ3v) is 32.7. The highest BCUT2D eigenvalue weighted by molar-refractivity contribution is 6.32. The Balaban J connectivity index is 0.000000120. The van der Waals surface area contributed by atoms with Crippen molar-refractivity contribution >= 4 is 192 Å². The van der Waals surface area contributed by atoms with E-state index in [2.05, 4.69) is 557 Å². The Labute approximate surface area is 847 Å². The molecule has 3 aliphatic rings. The molecule has 0 aliphatic heterocycles. The molecule has 0 atom stereocenters. The van der Waals surface area contributed by atoms with Crippen LogP contribution in [0.15, 0.2) is 491 Å². The lowest BCUT2D eigenvalue weighted by Crippen LogP contribution is -2.16. The van der Waals surface area contributed by atoms with E-state index in [9.17, 15) is 0 Å². The largest absolute Gasteiger partial charge is 0.310 e. The lowest BCUT2D eigenvalue weighted by Gasteiger charge is -2.28. The Morgan fingerprint density at radius 1 is 0.164 bits per heavy atom. The van der Waals surface area contributed by atoms with E-state index in [0.29, 0.717) is 0 Å². The SMILES string of the molecule is CC1(C)c2cc(N(c3ccccc3)c3ccc4c(c3)c3ccccc3n4-c3ccccc3)ccc2-c2c1cc1ccc3c(N(c4ccccc4)c4ccc5c(c4)c4ccccc4n5-c4ccccc4)ccc4ccc2c1c43.CC1(C)c2ccccc2-c2c1cc1ccc3c(-c4ccccc4)ccc4ccc2c1c43.CC1(C)c2ccccc2-c2c1cc1ccc3c(N(c4ccccc4)c4ccccc4)ccc4ccc2c1c43. The second-order valence-corrected chi connectivity index (χ2v) is 41.6. The van der Waals surface area contributed by atoms with Gasteiger partial charge in [0.1, 0.15) is 0 Å². The molecule has 688 valence electrons. The standard InChI is InChI=1S/C73H50N4.C37H27N.C31H22/c1-73(2)63-46-55(74(49-19-7-3-8-20-49)53-35-41-68-61(44-53)56-27-15-17-29-65(56)76(68)51-23-11-5-12-24-51)34-39-58(63)72-60-38-31-47-33-40-67(59-37-32-48(43-64(72)73)71(60)70(47)59)75(50-21-9-4-10-22-50)54-36-42-69-62(45-54)57-28-16-18-30-66(57)77(69)52-25-13-6-14-26-52;1-37(2)31-16-10-9-15-28(31)36-30-21-17-24-19-22-33(29-20-18-25(23-32(36)37)35(30)34(24)29)38(26-11-5-3-6-12-26)27-13-7-4-8-14-27;1-31(2)26-11-7-6-10-24(26)30-25-17-13-20-12-15-22(19-8-4-3-5-9-19)23-16-14-21(18-27(30)31)29(25)28(20)23/h3-46H,1-2H3;3-23H,1-2H3;3-18H,1-2H3. The van der Waals surface area contributed by atoms with Crippen LogP contribution in [-0.2, 0) is 16.2 Å². The molecular formula is C141H99N5. The first-order valence-electron chi connectivity index (χ1n) is 51.2. The average Bonchev–Trinajstić information content (AvgIpc) is 1.50. The van der Waals surface area contributed by atoms with E-state index in [0.717, 1.165) is 56.9 Å². The van der Waals surface area contributed by atoms with Crippen LogP contribution < -0.4 is 14.7 Å². The first kappa shape index (κ1) is 84.7. The first-order chi connectivity index (χ1) is 71.7. The first-order valence-corrected chi connectivity index (χ1v) is 51.2. The van der Waals surface area contributed by atoms with Crippen molar-refractivity contribution in [1.82, 2.24) is 9.13 Å². The van der Waals surface area contributed by atoms with Crippen LogP contribution >= 0.6 is 0 Å². The smallest absolute Gasteiger partial charge is 0.0542 e. The van der Waals surface area contributed by atoms with E-state index >= 15 is 0 Å². The Bertz CT molecular complexity index is 10100. The maximum atomic E-state index is 2.50. The molecule has 0 N–H and O–H groups in total. The molecule has 2 aromatic heterocycles. The number of aromatic nitrogens is 2. The third kappa shape index (κ3) is 12.6. The van der Waals surface area contributed by atoms with E-state index in [1.807, 2.05) is 0 Å². The monoisotopic (exact) mass is 1860 g/mol. The summed E-state index contributed by atoms with van der Waals surface area (Å²) < 4.78 is 4.78. The molecule has 0 saturated carbocycles. The Morgan fingerprint density at radius 2 is 0.452 bits per heavy atom. The van der Waals surface area contributed by atoms with Gasteiger partial charge in [-0.15, -0.1) is 0 Å².